The van der Waals surface area contributed by atoms with E-state index in [1.807, 2.05) is 30.5 Å². The molecule has 3 aromatic carbocycles. The minimum atomic E-state index is -1.26. The molecule has 10 nitrogen and oxygen atoms in total. The Bertz CT molecular complexity index is 2190. The molecule has 0 bridgehead atoms. The molecule has 3 aliphatic carbocycles. The molecule has 12 heteroatoms. The number of pyridine rings is 1. The summed E-state index contributed by atoms with van der Waals surface area (Å²) >= 11 is 6.29. The first kappa shape index (κ1) is 42.9. The molecule has 1 amide bonds. The summed E-state index contributed by atoms with van der Waals surface area (Å²) < 4.78 is 27.0. The van der Waals surface area contributed by atoms with Gasteiger partial charge in [0.2, 0.25) is 5.91 Å². The van der Waals surface area contributed by atoms with Crippen LogP contribution in [0.25, 0.3) is 0 Å². The van der Waals surface area contributed by atoms with E-state index in [1.54, 1.807) is 18.2 Å². The molecule has 60 heavy (non-hydrogen) atoms. The molecule has 1 fully saturated rings. The van der Waals surface area contributed by atoms with E-state index >= 15 is 0 Å². The van der Waals surface area contributed by atoms with Crippen LogP contribution in [0.1, 0.15) is 106 Å². The van der Waals surface area contributed by atoms with E-state index in [9.17, 15) is 29.0 Å². The van der Waals surface area contributed by atoms with E-state index < -0.39 is 35.2 Å². The molecule has 1 aromatic heterocycles. The number of nitrogens with one attached hydrogen (secondary N) is 2. The second-order valence-electron chi connectivity index (χ2n) is 17.2. The average Bonchev–Trinajstić information content (AvgIpc) is 3.51. The second kappa shape index (κ2) is 18.6. The maximum atomic E-state index is 14.2. The average molecular weight is 840 g/mol. The van der Waals surface area contributed by atoms with Crippen molar-refractivity contribution in [3.05, 3.63) is 118 Å². The largest absolute Gasteiger partial charge is 0.494 e. The Labute approximate surface area is 356 Å². The smallest absolute Gasteiger partial charge is 0.329 e. The zero-order valence-electron chi connectivity index (χ0n) is 34.4. The minimum absolute atomic E-state index is 0.0378. The summed E-state index contributed by atoms with van der Waals surface area (Å²) in [5.41, 5.74) is 4.26. The number of benzene rings is 3. The predicted octanol–water partition coefficient (Wildman–Crippen LogP) is 9.31. The fourth-order valence-electron chi connectivity index (χ4n) is 9.94. The molecule has 1 saturated carbocycles. The number of hydrogen-bond acceptors (Lipinski definition) is 7. The summed E-state index contributed by atoms with van der Waals surface area (Å²) in [4.78, 5) is 42.3. The Hall–Kier alpha value is -5.16. The third-order valence-electron chi connectivity index (χ3n) is 13.1. The number of hydrogen-bond donors (Lipinski definition) is 4. The van der Waals surface area contributed by atoms with Crippen LogP contribution < -0.4 is 20.1 Å². The molecular formula is C48H55ClFN3O7. The number of aromatic nitrogens is 1. The maximum Gasteiger partial charge on any atom is 0.329 e. The number of aliphatic carboxylic acids is 2. The molecule has 0 aliphatic heterocycles. The molecule has 0 saturated heterocycles. The van der Waals surface area contributed by atoms with Gasteiger partial charge < -0.3 is 30.3 Å². The van der Waals surface area contributed by atoms with Crippen LogP contribution in [0.15, 0.2) is 79.0 Å². The number of rotatable bonds is 17. The molecule has 0 radical (unpaired) electrons. The normalized spacial score (nSPS) is 22.9. The lowest BCUT2D eigenvalue weighted by Gasteiger charge is -2.47. The van der Waals surface area contributed by atoms with Gasteiger partial charge >= 0.3 is 11.9 Å². The van der Waals surface area contributed by atoms with Crippen LogP contribution in [-0.4, -0.2) is 57.8 Å². The number of carbonyl (C=O) groups is 3. The summed E-state index contributed by atoms with van der Waals surface area (Å²) in [5.74, 6) is -0.603. The molecule has 1 unspecified atom stereocenters. The molecule has 4 atom stereocenters. The molecule has 7 rings (SSSR count). The Kier molecular flexibility index (Phi) is 13.3. The van der Waals surface area contributed by atoms with E-state index in [2.05, 4.69) is 41.6 Å². The van der Waals surface area contributed by atoms with Crippen molar-refractivity contribution >= 4 is 35.1 Å². The molecule has 4 N–H and O–H groups in total. The number of carboxylic acid groups (broad SMARTS) is 2. The van der Waals surface area contributed by atoms with Crippen LogP contribution in [0, 0.1) is 17.7 Å². The van der Waals surface area contributed by atoms with Gasteiger partial charge in [-0.15, -0.1) is 0 Å². The lowest BCUT2D eigenvalue weighted by molar-refractivity contribution is -0.144. The Morgan fingerprint density at radius 1 is 1.00 bits per heavy atom. The maximum absolute atomic E-state index is 14.2. The summed E-state index contributed by atoms with van der Waals surface area (Å²) in [5, 5.41) is 26.8. The highest BCUT2D eigenvalue weighted by molar-refractivity contribution is 6.30. The topological polar surface area (TPSA) is 147 Å². The lowest BCUT2D eigenvalue weighted by atomic mass is 9.59. The highest BCUT2D eigenvalue weighted by Gasteiger charge is 2.54. The highest BCUT2D eigenvalue weighted by atomic mass is 35.5. The van der Waals surface area contributed by atoms with E-state index in [1.165, 1.54) is 34.9 Å². The Morgan fingerprint density at radius 2 is 1.80 bits per heavy atom. The highest BCUT2D eigenvalue weighted by Crippen LogP contribution is 2.57. The molecule has 318 valence electrons. The van der Waals surface area contributed by atoms with Crippen molar-refractivity contribution in [2.45, 2.75) is 114 Å². The van der Waals surface area contributed by atoms with Crippen LogP contribution >= 0.6 is 11.6 Å². The quantitative estimate of drug-likeness (QED) is 0.0764. The van der Waals surface area contributed by atoms with E-state index in [4.69, 9.17) is 21.1 Å². The van der Waals surface area contributed by atoms with Crippen molar-refractivity contribution in [2.24, 2.45) is 11.8 Å². The summed E-state index contributed by atoms with van der Waals surface area (Å²) in [6, 6.07) is 20.0. The fraction of sp³-hybridized carbons (Fsp3) is 0.458. The Balaban J connectivity index is 1.04. The van der Waals surface area contributed by atoms with Gasteiger partial charge in [-0.3, -0.25) is 9.78 Å². The van der Waals surface area contributed by atoms with Crippen molar-refractivity contribution in [3.63, 3.8) is 0 Å². The van der Waals surface area contributed by atoms with Gasteiger partial charge in [-0.25, -0.2) is 14.0 Å². The lowest BCUT2D eigenvalue weighted by Crippen LogP contribution is -2.53. The molecular weight excluding hydrogens is 785 g/mol. The van der Waals surface area contributed by atoms with Crippen molar-refractivity contribution in [3.8, 4) is 11.5 Å². The van der Waals surface area contributed by atoms with E-state index in [-0.39, 0.29) is 42.3 Å². The van der Waals surface area contributed by atoms with E-state index in [0.717, 1.165) is 43.5 Å². The van der Waals surface area contributed by atoms with Crippen LogP contribution in [0.4, 0.5) is 10.1 Å². The predicted molar refractivity (Wildman–Crippen MR) is 228 cm³/mol. The second-order valence-corrected chi connectivity index (χ2v) is 17.7. The summed E-state index contributed by atoms with van der Waals surface area (Å²) in [6.07, 6.45) is 9.25. The number of fused-ring (bicyclic) bond motifs is 3. The van der Waals surface area contributed by atoms with Gasteiger partial charge in [-0.2, -0.15) is 0 Å². The minimum Gasteiger partial charge on any atom is -0.494 e. The molecule has 1 heterocycles. The Morgan fingerprint density at radius 3 is 2.55 bits per heavy atom. The number of nitrogens with zero attached hydrogens (tertiary/aromatic N) is 1. The van der Waals surface area contributed by atoms with Crippen molar-refractivity contribution in [1.29, 1.82) is 0 Å². The summed E-state index contributed by atoms with van der Waals surface area (Å²) in [6.45, 7) is 5.29. The standard InChI is InChI=1S/C48H55ClFN3O7/c1-30(29-60-42-17-22-51-40-13-5-8-31(2)44(40)42)24-34-25-32-15-16-37(59-23-7-14-43(54)52-41(45(55)56)26-33-9-3-4-12-39(33)50)28-38(32)47(34)18-20-48(21-19-47,46(57)58)53-36-11-6-10-35(49)27-36/h3-4,6,9-12,15-17,22,27-28,30-31,34,41,53H,5,7-8,13-14,18-21,23-26,29H2,1-2H3,(H,52,54)(H,55,56)(H,57,58)/t30-,31-,34?,41-,47?,48?/m1/s1. The van der Waals surface area contributed by atoms with Gasteiger partial charge in [0.05, 0.1) is 13.2 Å². The van der Waals surface area contributed by atoms with Crippen molar-refractivity contribution in [1.82, 2.24) is 10.3 Å². The van der Waals surface area contributed by atoms with Gasteiger partial charge in [0.15, 0.2) is 0 Å². The van der Waals surface area contributed by atoms with E-state index in [0.29, 0.717) is 61.1 Å². The van der Waals surface area contributed by atoms with Gasteiger partial charge in [0, 0.05) is 41.0 Å². The van der Waals surface area contributed by atoms with Gasteiger partial charge in [0.25, 0.3) is 0 Å². The number of amides is 1. The van der Waals surface area contributed by atoms with Crippen LogP contribution in [0.5, 0.6) is 11.5 Å². The number of halogens is 2. The third-order valence-corrected chi connectivity index (χ3v) is 13.3. The van der Waals surface area contributed by atoms with Gasteiger partial charge in [0.1, 0.15) is 28.9 Å². The number of carboxylic acids is 2. The van der Waals surface area contributed by atoms with Crippen LogP contribution in [-0.2, 0) is 39.1 Å². The first-order valence-corrected chi connectivity index (χ1v) is 21.6. The number of anilines is 1. The van der Waals surface area contributed by atoms with Crippen molar-refractivity contribution < 1.29 is 38.5 Å². The first-order chi connectivity index (χ1) is 28.9. The zero-order chi connectivity index (χ0) is 42.4. The van der Waals surface area contributed by atoms with Gasteiger partial charge in [-0.1, -0.05) is 55.8 Å². The molecule has 4 aromatic rings. The molecule has 3 aliphatic rings. The first-order valence-electron chi connectivity index (χ1n) is 21.3. The van der Waals surface area contributed by atoms with Crippen LogP contribution in [0.2, 0.25) is 5.02 Å². The number of carbonyl (C=O) groups excluding carboxylic acids is 1. The van der Waals surface area contributed by atoms with Crippen LogP contribution in [0.3, 0.4) is 0 Å². The third kappa shape index (κ3) is 9.57. The molecule has 1 spiro atoms. The van der Waals surface area contributed by atoms with Crippen molar-refractivity contribution in [2.75, 3.05) is 18.5 Å². The SMILES string of the molecule is C[C@@H](COc1ccnc2c1[C@H](C)CCC2)CC1Cc2ccc(OCCCC(=O)N[C@H](Cc3ccccc3F)C(=O)O)cc2C12CCC(Nc1cccc(Cl)c1)(C(=O)O)CC2. The summed E-state index contributed by atoms with van der Waals surface area (Å²) in [7, 11) is 0. The monoisotopic (exact) mass is 839 g/mol. The zero-order valence-corrected chi connectivity index (χ0v) is 35.1. The van der Waals surface area contributed by atoms with Gasteiger partial charge in [-0.05, 0) is 147 Å². The number of ether oxygens (including phenoxy) is 2. The fourth-order valence-corrected chi connectivity index (χ4v) is 10.1. The number of aryl methyl sites for hydroxylation is 1.